The lowest BCUT2D eigenvalue weighted by molar-refractivity contribution is -0.145. The molecule has 2 aromatic rings. The summed E-state index contributed by atoms with van der Waals surface area (Å²) in [4.78, 5) is 14.0. The van der Waals surface area contributed by atoms with Crippen molar-refractivity contribution >= 4 is 16.1 Å². The van der Waals surface area contributed by atoms with E-state index in [0.717, 1.165) is 48.5 Å². The van der Waals surface area contributed by atoms with Crippen molar-refractivity contribution in [3.05, 3.63) is 59.2 Å². The van der Waals surface area contributed by atoms with E-state index in [0.29, 0.717) is 12.3 Å². The molecule has 3 rings (SSSR count). The molecule has 0 radical (unpaired) electrons. The van der Waals surface area contributed by atoms with E-state index in [-0.39, 0.29) is 4.90 Å². The number of piperidine rings is 1. The summed E-state index contributed by atoms with van der Waals surface area (Å²) in [5.74, 6) is 0.156. The first-order chi connectivity index (χ1) is 16.5. The molecule has 1 unspecified atom stereocenters. The van der Waals surface area contributed by atoms with Crippen LogP contribution in [0, 0.1) is 13.8 Å². The van der Waals surface area contributed by atoms with Gasteiger partial charge in [-0.2, -0.15) is 8.42 Å². The summed E-state index contributed by atoms with van der Waals surface area (Å²) >= 11 is 0. The molecule has 194 valence electrons. The van der Waals surface area contributed by atoms with Gasteiger partial charge >= 0.3 is 5.97 Å². The van der Waals surface area contributed by atoms with Gasteiger partial charge < -0.3 is 14.7 Å². The third-order valence-electron chi connectivity index (χ3n) is 6.04. The summed E-state index contributed by atoms with van der Waals surface area (Å²) in [6.45, 7) is 11.3. The van der Waals surface area contributed by atoms with Crippen molar-refractivity contribution in [2.75, 3.05) is 19.6 Å². The van der Waals surface area contributed by atoms with Gasteiger partial charge in [-0.1, -0.05) is 50.1 Å². The number of aryl methyl sites for hydroxylation is 2. The van der Waals surface area contributed by atoms with E-state index < -0.39 is 22.2 Å². The minimum Gasteiger partial charge on any atom is -0.479 e. The molecule has 1 aliphatic heterocycles. The van der Waals surface area contributed by atoms with E-state index >= 15 is 0 Å². The smallest absolute Gasteiger partial charge is 0.344 e. The van der Waals surface area contributed by atoms with Crippen LogP contribution in [0.25, 0.3) is 0 Å². The molecule has 0 spiro atoms. The Bertz CT molecular complexity index is 1040. The van der Waals surface area contributed by atoms with Crippen molar-refractivity contribution in [3.63, 3.8) is 0 Å². The Labute approximate surface area is 209 Å². The highest BCUT2D eigenvalue weighted by atomic mass is 32.2. The van der Waals surface area contributed by atoms with Gasteiger partial charge in [0, 0.05) is 0 Å². The molecule has 0 bridgehead atoms. The number of ether oxygens (including phenoxy) is 1. The summed E-state index contributed by atoms with van der Waals surface area (Å²) in [5, 5.41) is 9.53. The van der Waals surface area contributed by atoms with Crippen molar-refractivity contribution in [2.45, 2.75) is 76.7 Å². The number of carboxylic acid groups (broad SMARTS) is 1. The van der Waals surface area contributed by atoms with Crippen LogP contribution < -0.4 is 4.74 Å². The summed E-state index contributed by atoms with van der Waals surface area (Å²) in [7, 11) is -4.02. The number of likely N-dealkylation sites (tertiary alicyclic amines) is 1. The maximum absolute atomic E-state index is 11.6. The monoisotopic (exact) mass is 505 g/mol. The van der Waals surface area contributed by atoms with Crippen LogP contribution in [0.3, 0.4) is 0 Å². The lowest BCUT2D eigenvalue weighted by Gasteiger charge is -2.27. The van der Waals surface area contributed by atoms with Gasteiger partial charge in [0.1, 0.15) is 5.75 Å². The third-order valence-corrected chi connectivity index (χ3v) is 6.91. The lowest BCUT2D eigenvalue weighted by Crippen LogP contribution is -2.33. The fourth-order valence-electron chi connectivity index (χ4n) is 4.00. The fraction of sp³-hybridized carbons (Fsp3) is 0.519. The summed E-state index contributed by atoms with van der Waals surface area (Å²) < 4.78 is 35.5. The number of nitrogens with zero attached hydrogens (tertiary/aromatic N) is 1. The zero-order chi connectivity index (χ0) is 26.0. The Balaban J connectivity index is 0.000000328. The van der Waals surface area contributed by atoms with Crippen LogP contribution in [0.1, 0.15) is 68.6 Å². The number of rotatable bonds is 9. The SMILES string of the molecule is Cc1ccc(C(C)C)c(OC(CCCN2CCCCC2)C(=O)O)c1.Cc1ccc(S(=O)(=O)O)cc1. The van der Waals surface area contributed by atoms with Crippen molar-refractivity contribution in [1.82, 2.24) is 4.90 Å². The van der Waals surface area contributed by atoms with Crippen LogP contribution in [0.5, 0.6) is 5.75 Å². The molecule has 0 aromatic heterocycles. The molecule has 0 amide bonds. The molecule has 0 aliphatic carbocycles. The number of hydrogen-bond donors (Lipinski definition) is 2. The molecule has 1 saturated heterocycles. The highest BCUT2D eigenvalue weighted by molar-refractivity contribution is 7.85. The van der Waals surface area contributed by atoms with Gasteiger partial charge in [0.25, 0.3) is 10.1 Å². The Hall–Kier alpha value is -2.42. The lowest BCUT2D eigenvalue weighted by atomic mass is 10.0. The molecule has 35 heavy (non-hydrogen) atoms. The molecule has 1 fully saturated rings. The second kappa shape index (κ2) is 13.6. The molecule has 1 aliphatic rings. The van der Waals surface area contributed by atoms with Crippen molar-refractivity contribution in [3.8, 4) is 5.75 Å². The molecule has 1 atom stereocenters. The summed E-state index contributed by atoms with van der Waals surface area (Å²) in [6.07, 6.45) is 4.49. The number of benzene rings is 2. The fourth-order valence-corrected chi connectivity index (χ4v) is 4.48. The van der Waals surface area contributed by atoms with Crippen molar-refractivity contribution in [1.29, 1.82) is 0 Å². The second-order valence-corrected chi connectivity index (χ2v) is 10.9. The van der Waals surface area contributed by atoms with E-state index in [2.05, 4.69) is 18.7 Å². The van der Waals surface area contributed by atoms with Gasteiger partial charge in [-0.25, -0.2) is 4.79 Å². The zero-order valence-electron chi connectivity index (χ0n) is 21.2. The first kappa shape index (κ1) is 28.8. The van der Waals surface area contributed by atoms with Crippen molar-refractivity contribution in [2.24, 2.45) is 0 Å². The van der Waals surface area contributed by atoms with Gasteiger partial charge in [-0.05, 0) is 94.4 Å². The van der Waals surface area contributed by atoms with Gasteiger partial charge in [-0.15, -0.1) is 0 Å². The maximum atomic E-state index is 11.6. The summed E-state index contributed by atoms with van der Waals surface area (Å²) in [5.41, 5.74) is 3.12. The van der Waals surface area contributed by atoms with Crippen LogP contribution in [0.2, 0.25) is 0 Å². The van der Waals surface area contributed by atoms with Gasteiger partial charge in [-0.3, -0.25) is 4.55 Å². The number of aliphatic carboxylic acids is 1. The predicted molar refractivity (Wildman–Crippen MR) is 138 cm³/mol. The second-order valence-electron chi connectivity index (χ2n) is 9.47. The van der Waals surface area contributed by atoms with Crippen LogP contribution in [-0.2, 0) is 14.9 Å². The van der Waals surface area contributed by atoms with Crippen LogP contribution in [-0.4, -0.2) is 54.7 Å². The number of carbonyl (C=O) groups is 1. The largest absolute Gasteiger partial charge is 0.479 e. The number of carboxylic acids is 1. The Morgan fingerprint density at radius 2 is 1.60 bits per heavy atom. The van der Waals surface area contributed by atoms with Gasteiger partial charge in [0.2, 0.25) is 0 Å². The molecular weight excluding hydrogens is 466 g/mol. The van der Waals surface area contributed by atoms with Crippen LogP contribution in [0.15, 0.2) is 47.4 Å². The molecule has 8 heteroatoms. The molecule has 0 saturated carbocycles. The van der Waals surface area contributed by atoms with E-state index in [4.69, 9.17) is 9.29 Å². The molecular formula is C27H39NO6S. The Morgan fingerprint density at radius 3 is 2.14 bits per heavy atom. The minimum atomic E-state index is -4.02. The van der Waals surface area contributed by atoms with E-state index in [9.17, 15) is 18.3 Å². The minimum absolute atomic E-state index is 0.0666. The molecule has 2 N–H and O–H groups in total. The van der Waals surface area contributed by atoms with Crippen LogP contribution >= 0.6 is 0 Å². The highest BCUT2D eigenvalue weighted by Crippen LogP contribution is 2.29. The quantitative estimate of drug-likeness (QED) is 0.436. The highest BCUT2D eigenvalue weighted by Gasteiger charge is 2.22. The molecule has 1 heterocycles. The summed E-state index contributed by atoms with van der Waals surface area (Å²) in [6, 6.07) is 12.0. The Morgan fingerprint density at radius 1 is 1.00 bits per heavy atom. The van der Waals surface area contributed by atoms with E-state index in [1.54, 1.807) is 12.1 Å². The Kier molecular flexibility index (Phi) is 11.2. The van der Waals surface area contributed by atoms with E-state index in [1.807, 2.05) is 32.0 Å². The standard InChI is InChI=1S/C20H31NO3.C7H8O3S/c1-15(2)17-10-9-16(3)14-19(17)24-18(20(22)23)8-7-13-21-11-5-4-6-12-21;1-6-2-4-7(5-3-6)11(8,9)10/h9-10,14-15,18H,4-8,11-13H2,1-3H3,(H,22,23);2-5H,1H3,(H,8,9,10). The van der Waals surface area contributed by atoms with E-state index in [1.165, 1.54) is 31.4 Å². The van der Waals surface area contributed by atoms with Crippen LogP contribution in [0.4, 0.5) is 0 Å². The predicted octanol–water partition coefficient (Wildman–Crippen LogP) is 5.46. The first-order valence-corrected chi connectivity index (χ1v) is 13.7. The average molecular weight is 506 g/mol. The van der Waals surface area contributed by atoms with Gasteiger partial charge in [0.05, 0.1) is 4.90 Å². The topological polar surface area (TPSA) is 104 Å². The number of hydrogen-bond acceptors (Lipinski definition) is 5. The zero-order valence-corrected chi connectivity index (χ0v) is 22.1. The molecule has 2 aromatic carbocycles. The normalized spacial score (nSPS) is 15.3. The van der Waals surface area contributed by atoms with Crippen molar-refractivity contribution < 1.29 is 27.6 Å². The molecule has 7 nitrogen and oxygen atoms in total. The first-order valence-electron chi connectivity index (χ1n) is 12.2. The third kappa shape index (κ3) is 9.99. The van der Waals surface area contributed by atoms with Gasteiger partial charge in [0.15, 0.2) is 6.10 Å². The average Bonchev–Trinajstić information content (AvgIpc) is 2.79. The maximum Gasteiger partial charge on any atom is 0.344 e.